The van der Waals surface area contributed by atoms with Crippen molar-refractivity contribution in [3.8, 4) is 0 Å². The van der Waals surface area contributed by atoms with Crippen molar-refractivity contribution in [3.05, 3.63) is 0 Å². The fourth-order valence-electron chi connectivity index (χ4n) is 3.52. The first kappa shape index (κ1) is 17.8. The number of aliphatic carboxylic acids is 1. The smallest absolute Gasteiger partial charge is 0.329 e. The summed E-state index contributed by atoms with van der Waals surface area (Å²) in [6.45, 7) is 5.98. The van der Waals surface area contributed by atoms with Crippen LogP contribution in [0.1, 0.15) is 59.3 Å². The third-order valence-corrected chi connectivity index (χ3v) is 4.59. The molecule has 6 heteroatoms. The lowest BCUT2D eigenvalue weighted by molar-refractivity contribution is -0.164. The molecule has 1 saturated carbocycles. The number of rotatable bonds is 3. The van der Waals surface area contributed by atoms with Gasteiger partial charge in [-0.2, -0.15) is 0 Å². The summed E-state index contributed by atoms with van der Waals surface area (Å²) in [6, 6.07) is -0.521. The quantitative estimate of drug-likeness (QED) is 0.804. The Morgan fingerprint density at radius 1 is 1.04 bits per heavy atom. The number of carbonyl (C=O) groups excluding carboxylic acids is 2. The minimum atomic E-state index is -0.826. The Morgan fingerprint density at radius 3 is 2.30 bits per heavy atom. The zero-order valence-electron chi connectivity index (χ0n) is 14.2. The van der Waals surface area contributed by atoms with Gasteiger partial charge in [-0.1, -0.05) is 6.42 Å². The lowest BCUT2D eigenvalue weighted by Crippen LogP contribution is -2.46. The zero-order chi connectivity index (χ0) is 17.2. The molecule has 2 aliphatic rings. The number of esters is 1. The summed E-state index contributed by atoms with van der Waals surface area (Å²) in [5.74, 6) is -1.99. The second-order valence-electron chi connectivity index (χ2n) is 7.62. The van der Waals surface area contributed by atoms with Crippen LogP contribution in [0, 0.1) is 11.8 Å². The van der Waals surface area contributed by atoms with E-state index in [1.165, 1.54) is 0 Å². The molecule has 3 unspecified atom stereocenters. The molecule has 0 aromatic heterocycles. The maximum atomic E-state index is 12.8. The molecule has 0 radical (unpaired) electrons. The van der Waals surface area contributed by atoms with Crippen LogP contribution in [0.5, 0.6) is 0 Å². The van der Waals surface area contributed by atoms with Gasteiger partial charge in [0.25, 0.3) is 0 Å². The molecular formula is C17H27NO5. The normalized spacial score (nSPS) is 28.5. The monoisotopic (exact) mass is 325 g/mol. The largest absolute Gasteiger partial charge is 0.481 e. The van der Waals surface area contributed by atoms with Crippen LogP contribution in [0.15, 0.2) is 0 Å². The Bertz CT molecular complexity index is 482. The summed E-state index contributed by atoms with van der Waals surface area (Å²) < 4.78 is 5.42. The van der Waals surface area contributed by atoms with Crippen molar-refractivity contribution < 1.29 is 24.2 Å². The van der Waals surface area contributed by atoms with Crippen molar-refractivity contribution >= 4 is 17.8 Å². The topological polar surface area (TPSA) is 83.9 Å². The molecule has 3 atom stereocenters. The highest BCUT2D eigenvalue weighted by Crippen LogP contribution is 2.33. The maximum Gasteiger partial charge on any atom is 0.329 e. The molecule has 1 heterocycles. The standard InChI is InChI=1S/C17H27NO5/c1-17(2,3)23-16(22)13-8-5-9-18(13)14(19)11-6-4-7-12(10-11)15(20)21/h11-13H,4-10H2,1-3H3,(H,20,21). The number of likely N-dealkylation sites (tertiary alicyclic amines) is 1. The lowest BCUT2D eigenvalue weighted by Gasteiger charge is -2.32. The Labute approximate surface area is 137 Å². The molecule has 130 valence electrons. The summed E-state index contributed by atoms with van der Waals surface area (Å²) in [6.07, 6.45) is 3.87. The van der Waals surface area contributed by atoms with E-state index < -0.39 is 23.5 Å². The number of carboxylic acid groups (broad SMARTS) is 1. The second kappa shape index (κ2) is 6.89. The van der Waals surface area contributed by atoms with Crippen molar-refractivity contribution in [2.75, 3.05) is 6.54 Å². The molecule has 6 nitrogen and oxygen atoms in total. The minimum absolute atomic E-state index is 0.0793. The van der Waals surface area contributed by atoms with Crippen LogP contribution in [0.4, 0.5) is 0 Å². The first-order valence-electron chi connectivity index (χ1n) is 8.45. The summed E-state index contributed by atoms with van der Waals surface area (Å²) >= 11 is 0. The maximum absolute atomic E-state index is 12.8. The molecular weight excluding hydrogens is 298 g/mol. The van der Waals surface area contributed by atoms with E-state index in [0.29, 0.717) is 32.2 Å². The van der Waals surface area contributed by atoms with Crippen molar-refractivity contribution in [1.82, 2.24) is 4.90 Å². The van der Waals surface area contributed by atoms with Crippen LogP contribution in [0.3, 0.4) is 0 Å². The Kier molecular flexibility index (Phi) is 5.32. The van der Waals surface area contributed by atoms with Crippen LogP contribution in [-0.2, 0) is 19.1 Å². The number of nitrogens with zero attached hydrogens (tertiary/aromatic N) is 1. The number of amides is 1. The van der Waals surface area contributed by atoms with Gasteiger partial charge in [0.1, 0.15) is 11.6 Å². The third-order valence-electron chi connectivity index (χ3n) is 4.59. The van der Waals surface area contributed by atoms with Gasteiger partial charge in [0.2, 0.25) is 5.91 Å². The van der Waals surface area contributed by atoms with E-state index in [1.807, 2.05) is 20.8 Å². The minimum Gasteiger partial charge on any atom is -0.481 e. The molecule has 1 aliphatic heterocycles. The zero-order valence-corrected chi connectivity index (χ0v) is 14.2. The predicted molar refractivity (Wildman–Crippen MR) is 83.7 cm³/mol. The van der Waals surface area contributed by atoms with Crippen LogP contribution in [-0.4, -0.2) is 46.0 Å². The summed E-state index contributed by atoms with van der Waals surface area (Å²) in [5, 5.41) is 9.17. The number of carboxylic acids is 1. The molecule has 2 rings (SSSR count). The predicted octanol–water partition coefficient (Wildman–Crippen LogP) is 2.21. The molecule has 0 aromatic carbocycles. The summed E-state index contributed by atoms with van der Waals surface area (Å²) in [4.78, 5) is 37.9. The van der Waals surface area contributed by atoms with E-state index >= 15 is 0 Å². The highest BCUT2D eigenvalue weighted by molar-refractivity contribution is 5.87. The van der Waals surface area contributed by atoms with Gasteiger partial charge in [-0.15, -0.1) is 0 Å². The number of hydrogen-bond acceptors (Lipinski definition) is 4. The van der Waals surface area contributed by atoms with Gasteiger partial charge in [0.05, 0.1) is 5.92 Å². The van der Waals surface area contributed by atoms with Gasteiger partial charge in [-0.3, -0.25) is 9.59 Å². The van der Waals surface area contributed by atoms with Gasteiger partial charge >= 0.3 is 11.9 Å². The average molecular weight is 325 g/mol. The molecule has 2 fully saturated rings. The van der Waals surface area contributed by atoms with Crippen molar-refractivity contribution in [2.24, 2.45) is 11.8 Å². The third kappa shape index (κ3) is 4.45. The van der Waals surface area contributed by atoms with Crippen molar-refractivity contribution in [1.29, 1.82) is 0 Å². The molecule has 0 spiro atoms. The van der Waals surface area contributed by atoms with E-state index in [9.17, 15) is 19.5 Å². The van der Waals surface area contributed by atoms with Gasteiger partial charge in [0, 0.05) is 12.5 Å². The summed E-state index contributed by atoms with van der Waals surface area (Å²) in [5.41, 5.74) is -0.576. The fourth-order valence-corrected chi connectivity index (χ4v) is 3.52. The SMILES string of the molecule is CC(C)(C)OC(=O)C1CCCN1C(=O)C1CCCC(C(=O)O)C1. The highest BCUT2D eigenvalue weighted by atomic mass is 16.6. The van der Waals surface area contributed by atoms with Crippen molar-refractivity contribution in [3.63, 3.8) is 0 Å². The van der Waals surface area contributed by atoms with E-state index in [4.69, 9.17) is 4.74 Å². The van der Waals surface area contributed by atoms with Crippen LogP contribution < -0.4 is 0 Å². The number of ether oxygens (including phenoxy) is 1. The Hall–Kier alpha value is -1.59. The van der Waals surface area contributed by atoms with E-state index in [0.717, 1.165) is 12.8 Å². The van der Waals surface area contributed by atoms with Crippen LogP contribution in [0.2, 0.25) is 0 Å². The van der Waals surface area contributed by atoms with E-state index in [1.54, 1.807) is 4.90 Å². The molecule has 1 saturated heterocycles. The molecule has 1 aliphatic carbocycles. The number of carbonyl (C=O) groups is 3. The molecule has 1 N–H and O–H groups in total. The van der Waals surface area contributed by atoms with Gasteiger partial charge in [0.15, 0.2) is 0 Å². The number of hydrogen-bond donors (Lipinski definition) is 1. The first-order chi connectivity index (χ1) is 10.7. The van der Waals surface area contributed by atoms with Gasteiger partial charge in [-0.05, 0) is 52.9 Å². The highest BCUT2D eigenvalue weighted by Gasteiger charge is 2.41. The first-order valence-corrected chi connectivity index (χ1v) is 8.45. The van der Waals surface area contributed by atoms with Crippen LogP contribution >= 0.6 is 0 Å². The van der Waals surface area contributed by atoms with Crippen LogP contribution in [0.25, 0.3) is 0 Å². The second-order valence-corrected chi connectivity index (χ2v) is 7.62. The lowest BCUT2D eigenvalue weighted by atomic mass is 9.80. The molecule has 1 amide bonds. The summed E-state index contributed by atoms with van der Waals surface area (Å²) in [7, 11) is 0. The van der Waals surface area contributed by atoms with Gasteiger partial charge < -0.3 is 14.7 Å². The van der Waals surface area contributed by atoms with E-state index in [-0.39, 0.29) is 17.8 Å². The fraction of sp³-hybridized carbons (Fsp3) is 0.824. The molecule has 0 aromatic rings. The average Bonchev–Trinajstić information content (AvgIpc) is 2.94. The van der Waals surface area contributed by atoms with Gasteiger partial charge in [-0.25, -0.2) is 4.79 Å². The molecule has 0 bridgehead atoms. The Morgan fingerprint density at radius 2 is 1.70 bits per heavy atom. The van der Waals surface area contributed by atoms with E-state index in [2.05, 4.69) is 0 Å². The molecule has 23 heavy (non-hydrogen) atoms. The van der Waals surface area contributed by atoms with Crippen molar-refractivity contribution in [2.45, 2.75) is 70.9 Å². The Balaban J connectivity index is 2.02.